The van der Waals surface area contributed by atoms with Crippen LogP contribution in [-0.4, -0.2) is 57.8 Å². The molecule has 1 aliphatic heterocycles. The summed E-state index contributed by atoms with van der Waals surface area (Å²) in [6.45, 7) is 9.86. The summed E-state index contributed by atoms with van der Waals surface area (Å²) in [6, 6.07) is 5.26. The van der Waals surface area contributed by atoms with E-state index in [1.54, 1.807) is 18.7 Å². The Morgan fingerprint density at radius 1 is 1.06 bits per heavy atom. The van der Waals surface area contributed by atoms with E-state index in [0.717, 1.165) is 0 Å². The van der Waals surface area contributed by atoms with Gasteiger partial charge in [0.1, 0.15) is 23.8 Å². The number of carbonyl (C=O) groups excluding carboxylic acids is 1. The summed E-state index contributed by atoms with van der Waals surface area (Å²) in [5.41, 5.74) is 0.954. The maximum Gasteiger partial charge on any atom is 0.573 e. The van der Waals surface area contributed by atoms with Crippen LogP contribution >= 0.6 is 0 Å². The summed E-state index contributed by atoms with van der Waals surface area (Å²) in [5, 5.41) is 4.03. The van der Waals surface area contributed by atoms with Gasteiger partial charge in [-0.1, -0.05) is 5.16 Å². The van der Waals surface area contributed by atoms with Gasteiger partial charge in [0.05, 0.1) is 11.3 Å². The molecule has 1 aromatic carbocycles. The maximum absolute atomic E-state index is 12.3. The summed E-state index contributed by atoms with van der Waals surface area (Å²) in [4.78, 5) is 27.6. The van der Waals surface area contributed by atoms with Crippen LogP contribution in [0.25, 0.3) is 0 Å². The third-order valence-corrected chi connectivity index (χ3v) is 5.14. The van der Waals surface area contributed by atoms with Gasteiger partial charge in [-0.05, 0) is 64.4 Å². The number of piperidine rings is 1. The third kappa shape index (κ3) is 7.99. The number of halogens is 3. The van der Waals surface area contributed by atoms with E-state index < -0.39 is 12.0 Å². The maximum atomic E-state index is 12.3. The number of amides is 1. The lowest BCUT2D eigenvalue weighted by atomic mass is 10.1. The lowest BCUT2D eigenvalue weighted by molar-refractivity contribution is -0.274. The van der Waals surface area contributed by atoms with Crippen molar-refractivity contribution in [2.45, 2.75) is 65.5 Å². The van der Waals surface area contributed by atoms with E-state index in [-0.39, 0.29) is 23.8 Å². The van der Waals surface area contributed by atoms with Crippen LogP contribution in [0, 0.1) is 6.92 Å². The molecule has 0 radical (unpaired) electrons. The van der Waals surface area contributed by atoms with E-state index in [0.29, 0.717) is 48.6 Å². The Bertz CT molecular complexity index is 1080. The first-order valence-corrected chi connectivity index (χ1v) is 11.3. The first-order valence-electron chi connectivity index (χ1n) is 11.3. The van der Waals surface area contributed by atoms with Gasteiger partial charge in [0, 0.05) is 25.9 Å². The molecular formula is C24H29F3N4O5. The smallest absolute Gasteiger partial charge is 0.474 e. The fourth-order valence-electron chi connectivity index (χ4n) is 3.33. The normalized spacial score (nSPS) is 15.4. The van der Waals surface area contributed by atoms with Crippen molar-refractivity contribution in [2.75, 3.05) is 13.1 Å². The minimum absolute atomic E-state index is 0.146. The van der Waals surface area contributed by atoms with E-state index in [9.17, 15) is 18.0 Å². The van der Waals surface area contributed by atoms with Gasteiger partial charge in [0.15, 0.2) is 0 Å². The monoisotopic (exact) mass is 510 g/mol. The van der Waals surface area contributed by atoms with Crippen molar-refractivity contribution in [3.05, 3.63) is 41.7 Å². The molecule has 3 rings (SSSR count). The Morgan fingerprint density at radius 2 is 1.67 bits per heavy atom. The van der Waals surface area contributed by atoms with Gasteiger partial charge in [0.2, 0.25) is 5.88 Å². The lowest BCUT2D eigenvalue weighted by Crippen LogP contribution is -2.44. The first kappa shape index (κ1) is 27.0. The van der Waals surface area contributed by atoms with Crippen LogP contribution in [0.5, 0.6) is 17.5 Å². The number of alkyl halides is 3. The largest absolute Gasteiger partial charge is 0.573 e. The van der Waals surface area contributed by atoms with Gasteiger partial charge >= 0.3 is 12.5 Å². The molecule has 1 amide bonds. The number of ether oxygens (including phenoxy) is 3. The fourth-order valence-corrected chi connectivity index (χ4v) is 3.33. The van der Waals surface area contributed by atoms with Crippen molar-refractivity contribution in [3.8, 4) is 17.5 Å². The second-order valence-electron chi connectivity index (χ2n) is 9.23. The number of benzene rings is 1. The van der Waals surface area contributed by atoms with E-state index in [4.69, 9.17) is 14.3 Å². The number of aromatic nitrogens is 2. The Hall–Kier alpha value is -3.57. The number of likely N-dealkylation sites (tertiary alicyclic amines) is 1. The average molecular weight is 511 g/mol. The SMILES string of the molecule is C/C(=N/Oc1ncnc(OC2CCN(C(=O)OC(C)(C)C)CC2)c1C)c1ccc(OC(F)(F)F)cc1. The third-order valence-electron chi connectivity index (χ3n) is 5.14. The minimum atomic E-state index is -4.76. The van der Waals surface area contributed by atoms with E-state index >= 15 is 0 Å². The molecule has 0 bridgehead atoms. The first-order chi connectivity index (χ1) is 16.8. The van der Waals surface area contributed by atoms with Gasteiger partial charge in [0.25, 0.3) is 5.88 Å². The molecule has 0 atom stereocenters. The van der Waals surface area contributed by atoms with Gasteiger partial charge in [-0.3, -0.25) is 0 Å². The molecule has 2 heterocycles. The molecule has 0 aliphatic carbocycles. The summed E-state index contributed by atoms with van der Waals surface area (Å²) in [6.07, 6.45) is -2.72. The molecule has 1 aliphatic rings. The van der Waals surface area contributed by atoms with Crippen molar-refractivity contribution in [3.63, 3.8) is 0 Å². The van der Waals surface area contributed by atoms with Gasteiger partial charge in [-0.15, -0.1) is 13.2 Å². The topological polar surface area (TPSA) is 95.4 Å². The highest BCUT2D eigenvalue weighted by Gasteiger charge is 2.31. The number of rotatable bonds is 6. The van der Waals surface area contributed by atoms with Crippen molar-refractivity contribution >= 4 is 11.8 Å². The van der Waals surface area contributed by atoms with Crippen LogP contribution in [0.1, 0.15) is 51.7 Å². The molecule has 1 aromatic heterocycles. The van der Waals surface area contributed by atoms with Crippen molar-refractivity contribution < 1.29 is 37.0 Å². The number of hydrogen-bond donors (Lipinski definition) is 0. The van der Waals surface area contributed by atoms with E-state index in [2.05, 4.69) is 19.9 Å². The summed E-state index contributed by atoms with van der Waals surface area (Å²) < 4.78 is 52.3. The molecule has 36 heavy (non-hydrogen) atoms. The second kappa shape index (κ2) is 11.0. The molecule has 9 nitrogen and oxygen atoms in total. The quantitative estimate of drug-likeness (QED) is 0.386. The number of carbonyl (C=O) groups is 1. The predicted molar refractivity (Wildman–Crippen MR) is 124 cm³/mol. The molecule has 1 saturated heterocycles. The van der Waals surface area contributed by atoms with E-state index in [1.807, 2.05) is 20.8 Å². The average Bonchev–Trinajstić information content (AvgIpc) is 2.78. The molecule has 0 unspecified atom stereocenters. The van der Waals surface area contributed by atoms with Crippen LogP contribution < -0.4 is 14.3 Å². The van der Waals surface area contributed by atoms with Crippen molar-refractivity contribution in [1.29, 1.82) is 0 Å². The van der Waals surface area contributed by atoms with Gasteiger partial charge < -0.3 is 23.9 Å². The van der Waals surface area contributed by atoms with Crippen LogP contribution in [0.2, 0.25) is 0 Å². The van der Waals surface area contributed by atoms with Crippen LogP contribution in [-0.2, 0) is 4.74 Å². The van der Waals surface area contributed by atoms with Crippen molar-refractivity contribution in [2.24, 2.45) is 5.16 Å². The second-order valence-corrected chi connectivity index (χ2v) is 9.23. The minimum Gasteiger partial charge on any atom is -0.474 e. The highest BCUT2D eigenvalue weighted by atomic mass is 19.4. The number of nitrogens with zero attached hydrogens (tertiary/aromatic N) is 4. The Kier molecular flexibility index (Phi) is 8.26. The fraction of sp³-hybridized carbons (Fsp3) is 0.500. The van der Waals surface area contributed by atoms with Gasteiger partial charge in [-0.25, -0.2) is 9.78 Å². The Morgan fingerprint density at radius 3 is 2.25 bits per heavy atom. The predicted octanol–water partition coefficient (Wildman–Crippen LogP) is 5.26. The molecule has 0 N–H and O–H groups in total. The standard InChI is InChI=1S/C24H29F3N4O5/c1-15-20(33-18-10-12-31(13-11-18)22(32)35-23(3,4)5)28-14-29-21(15)36-30-16(2)17-6-8-19(9-7-17)34-24(25,26)27/h6-9,14,18H,10-13H2,1-5H3/b30-16-. The zero-order valence-corrected chi connectivity index (χ0v) is 20.8. The highest BCUT2D eigenvalue weighted by molar-refractivity contribution is 5.98. The molecule has 0 saturated carbocycles. The molecule has 2 aromatic rings. The lowest BCUT2D eigenvalue weighted by Gasteiger charge is -2.33. The molecule has 1 fully saturated rings. The molecule has 0 spiro atoms. The van der Waals surface area contributed by atoms with Crippen molar-refractivity contribution in [1.82, 2.24) is 14.9 Å². The van der Waals surface area contributed by atoms with E-state index in [1.165, 1.54) is 30.6 Å². The van der Waals surface area contributed by atoms with Gasteiger partial charge in [-0.2, -0.15) is 4.98 Å². The highest BCUT2D eigenvalue weighted by Crippen LogP contribution is 2.27. The van der Waals surface area contributed by atoms with Crippen LogP contribution in [0.3, 0.4) is 0 Å². The summed E-state index contributed by atoms with van der Waals surface area (Å²) in [7, 11) is 0. The molecule has 12 heteroatoms. The van der Waals surface area contributed by atoms with Crippen LogP contribution in [0.4, 0.5) is 18.0 Å². The summed E-state index contributed by atoms with van der Waals surface area (Å²) in [5.74, 6) is 0.199. The molecule has 196 valence electrons. The molecular weight excluding hydrogens is 481 g/mol. The number of hydrogen-bond acceptors (Lipinski definition) is 8. The van der Waals surface area contributed by atoms with Crippen LogP contribution in [0.15, 0.2) is 35.7 Å². The Labute approximate surface area is 207 Å². The zero-order chi connectivity index (χ0) is 26.5. The summed E-state index contributed by atoms with van der Waals surface area (Å²) >= 11 is 0. The Balaban J connectivity index is 1.58. The zero-order valence-electron chi connectivity index (χ0n) is 20.8. The number of oxime groups is 1.